The summed E-state index contributed by atoms with van der Waals surface area (Å²) < 4.78 is 10.2. The molecular formula is C19H21NO5. The summed E-state index contributed by atoms with van der Waals surface area (Å²) in [6, 6.07) is 12.0. The normalized spacial score (nSPS) is 11.5. The first-order valence-corrected chi connectivity index (χ1v) is 7.82. The third kappa shape index (κ3) is 4.73. The summed E-state index contributed by atoms with van der Waals surface area (Å²) in [7, 11) is 1.58. The first-order valence-electron chi connectivity index (χ1n) is 7.82. The van der Waals surface area contributed by atoms with Crippen LogP contribution >= 0.6 is 0 Å². The summed E-state index contributed by atoms with van der Waals surface area (Å²) in [5.74, 6) is -0.571. The van der Waals surface area contributed by atoms with E-state index in [1.165, 1.54) is 13.0 Å². The van der Waals surface area contributed by atoms with E-state index < -0.39 is 18.0 Å². The highest BCUT2D eigenvalue weighted by atomic mass is 16.5. The molecule has 0 aliphatic heterocycles. The maximum absolute atomic E-state index is 12.1. The molecule has 0 saturated heterocycles. The monoisotopic (exact) mass is 343 g/mol. The fraction of sp³-hybridized carbons (Fsp3) is 0.263. The van der Waals surface area contributed by atoms with Gasteiger partial charge in [0.25, 0.3) is 5.91 Å². The summed E-state index contributed by atoms with van der Waals surface area (Å²) in [6.07, 6.45) is -0.981. The van der Waals surface area contributed by atoms with E-state index in [1.807, 2.05) is 12.1 Å². The first kappa shape index (κ1) is 18.3. The number of para-hydroxylation sites is 1. The van der Waals surface area contributed by atoms with Crippen LogP contribution in [-0.2, 0) is 16.1 Å². The number of phenols is 1. The molecule has 132 valence electrons. The lowest BCUT2D eigenvalue weighted by molar-refractivity contribution is -0.129. The molecule has 2 aromatic rings. The molecule has 0 aliphatic rings. The van der Waals surface area contributed by atoms with Gasteiger partial charge in [-0.3, -0.25) is 4.79 Å². The molecule has 2 aromatic carbocycles. The van der Waals surface area contributed by atoms with Crippen LogP contribution in [0, 0.1) is 6.92 Å². The van der Waals surface area contributed by atoms with Crippen molar-refractivity contribution in [1.82, 2.24) is 5.32 Å². The Bertz CT molecular complexity index is 755. The number of aromatic hydroxyl groups is 1. The highest BCUT2D eigenvalue weighted by molar-refractivity contribution is 5.94. The molecule has 2 N–H and O–H groups in total. The van der Waals surface area contributed by atoms with Gasteiger partial charge in [-0.25, -0.2) is 4.79 Å². The van der Waals surface area contributed by atoms with Gasteiger partial charge < -0.3 is 19.9 Å². The minimum atomic E-state index is -0.981. The van der Waals surface area contributed by atoms with Gasteiger partial charge in [-0.05, 0) is 43.2 Å². The van der Waals surface area contributed by atoms with Gasteiger partial charge >= 0.3 is 5.97 Å². The lowest BCUT2D eigenvalue weighted by atomic mass is 10.1. The fourth-order valence-electron chi connectivity index (χ4n) is 2.18. The zero-order valence-corrected chi connectivity index (χ0v) is 14.4. The predicted molar refractivity (Wildman–Crippen MR) is 92.6 cm³/mol. The SMILES string of the molecule is COc1ccc(CNC(=O)[C@H](C)OC(=O)c2cccc(C)c2O)cc1. The number of amides is 1. The van der Waals surface area contributed by atoms with E-state index in [2.05, 4.69) is 5.32 Å². The molecule has 0 unspecified atom stereocenters. The maximum Gasteiger partial charge on any atom is 0.342 e. The molecule has 0 spiro atoms. The zero-order valence-electron chi connectivity index (χ0n) is 14.4. The molecular weight excluding hydrogens is 322 g/mol. The van der Waals surface area contributed by atoms with Crippen LogP contribution in [0.3, 0.4) is 0 Å². The maximum atomic E-state index is 12.1. The fourth-order valence-corrected chi connectivity index (χ4v) is 2.18. The van der Waals surface area contributed by atoms with Gasteiger partial charge in [-0.2, -0.15) is 0 Å². The Balaban J connectivity index is 1.91. The van der Waals surface area contributed by atoms with Crippen molar-refractivity contribution in [2.75, 3.05) is 7.11 Å². The number of aryl methyl sites for hydroxylation is 1. The Morgan fingerprint density at radius 2 is 1.84 bits per heavy atom. The molecule has 0 radical (unpaired) electrons. The number of ether oxygens (including phenoxy) is 2. The predicted octanol–water partition coefficient (Wildman–Crippen LogP) is 2.57. The Morgan fingerprint density at radius 3 is 2.48 bits per heavy atom. The van der Waals surface area contributed by atoms with E-state index >= 15 is 0 Å². The van der Waals surface area contributed by atoms with Crippen LogP contribution in [0.25, 0.3) is 0 Å². The van der Waals surface area contributed by atoms with E-state index in [0.29, 0.717) is 12.1 Å². The second kappa shape index (κ2) is 8.19. The van der Waals surface area contributed by atoms with Gasteiger partial charge in [-0.1, -0.05) is 24.3 Å². The summed E-state index contributed by atoms with van der Waals surface area (Å²) in [5.41, 5.74) is 1.49. The van der Waals surface area contributed by atoms with E-state index in [9.17, 15) is 14.7 Å². The number of hydrogen-bond acceptors (Lipinski definition) is 5. The smallest absolute Gasteiger partial charge is 0.342 e. The molecule has 0 bridgehead atoms. The molecule has 0 fully saturated rings. The van der Waals surface area contributed by atoms with Gasteiger partial charge in [0, 0.05) is 6.54 Å². The third-order valence-corrected chi connectivity index (χ3v) is 3.74. The Kier molecular flexibility index (Phi) is 6.00. The molecule has 1 atom stereocenters. The molecule has 1 amide bonds. The van der Waals surface area contributed by atoms with Gasteiger partial charge in [0.1, 0.15) is 17.1 Å². The van der Waals surface area contributed by atoms with E-state index in [1.54, 1.807) is 38.3 Å². The van der Waals surface area contributed by atoms with Crippen LogP contribution < -0.4 is 10.1 Å². The number of benzene rings is 2. The number of nitrogens with one attached hydrogen (secondary N) is 1. The molecule has 0 aromatic heterocycles. The van der Waals surface area contributed by atoms with Gasteiger partial charge in [0.15, 0.2) is 6.10 Å². The Labute approximate surface area is 146 Å². The number of esters is 1. The molecule has 0 heterocycles. The van der Waals surface area contributed by atoms with Crippen molar-refractivity contribution in [3.05, 3.63) is 59.2 Å². The summed E-state index contributed by atoms with van der Waals surface area (Å²) in [6.45, 7) is 3.46. The molecule has 2 rings (SSSR count). The topological polar surface area (TPSA) is 84.9 Å². The van der Waals surface area contributed by atoms with Crippen LogP contribution in [0.2, 0.25) is 0 Å². The standard InChI is InChI=1S/C19H21NO5/c1-12-5-4-6-16(17(12)21)19(23)25-13(2)18(22)20-11-14-7-9-15(24-3)10-8-14/h4-10,13,21H,11H2,1-3H3,(H,20,22)/t13-/m0/s1. The molecule has 0 aliphatic carbocycles. The van der Waals surface area contributed by atoms with Crippen molar-refractivity contribution in [2.24, 2.45) is 0 Å². The number of carbonyl (C=O) groups is 2. The number of methoxy groups -OCH3 is 1. The van der Waals surface area contributed by atoms with Crippen LogP contribution in [0.5, 0.6) is 11.5 Å². The van der Waals surface area contributed by atoms with Crippen LogP contribution in [0.1, 0.15) is 28.4 Å². The van der Waals surface area contributed by atoms with Crippen molar-refractivity contribution in [1.29, 1.82) is 0 Å². The van der Waals surface area contributed by atoms with E-state index in [0.717, 1.165) is 11.3 Å². The van der Waals surface area contributed by atoms with Crippen LogP contribution in [0.4, 0.5) is 0 Å². The number of hydrogen-bond donors (Lipinski definition) is 2. The van der Waals surface area contributed by atoms with E-state index in [4.69, 9.17) is 9.47 Å². The lowest BCUT2D eigenvalue weighted by Gasteiger charge is -2.14. The largest absolute Gasteiger partial charge is 0.507 e. The van der Waals surface area contributed by atoms with Crippen molar-refractivity contribution in [3.63, 3.8) is 0 Å². The second-order valence-corrected chi connectivity index (χ2v) is 5.58. The van der Waals surface area contributed by atoms with Crippen LogP contribution in [-0.4, -0.2) is 30.2 Å². The van der Waals surface area contributed by atoms with Crippen molar-refractivity contribution >= 4 is 11.9 Å². The first-order chi connectivity index (χ1) is 11.9. The minimum Gasteiger partial charge on any atom is -0.507 e. The van der Waals surface area contributed by atoms with E-state index in [-0.39, 0.29) is 11.3 Å². The molecule has 25 heavy (non-hydrogen) atoms. The summed E-state index contributed by atoms with van der Waals surface area (Å²) in [5, 5.41) is 12.6. The number of phenolic OH excluding ortho intramolecular Hbond substituents is 1. The second-order valence-electron chi connectivity index (χ2n) is 5.58. The zero-order chi connectivity index (χ0) is 18.4. The highest BCUT2D eigenvalue weighted by Gasteiger charge is 2.21. The van der Waals surface area contributed by atoms with Gasteiger partial charge in [0.05, 0.1) is 7.11 Å². The number of carbonyl (C=O) groups excluding carboxylic acids is 2. The average molecular weight is 343 g/mol. The average Bonchev–Trinajstić information content (AvgIpc) is 2.62. The van der Waals surface area contributed by atoms with Crippen LogP contribution in [0.15, 0.2) is 42.5 Å². The summed E-state index contributed by atoms with van der Waals surface area (Å²) >= 11 is 0. The number of rotatable bonds is 6. The summed E-state index contributed by atoms with van der Waals surface area (Å²) in [4.78, 5) is 24.2. The van der Waals surface area contributed by atoms with Crippen molar-refractivity contribution in [2.45, 2.75) is 26.5 Å². The Morgan fingerprint density at radius 1 is 1.16 bits per heavy atom. The molecule has 6 heteroatoms. The van der Waals surface area contributed by atoms with Gasteiger partial charge in [0.2, 0.25) is 0 Å². The van der Waals surface area contributed by atoms with Crippen molar-refractivity contribution in [3.8, 4) is 11.5 Å². The van der Waals surface area contributed by atoms with Gasteiger partial charge in [-0.15, -0.1) is 0 Å². The molecule has 0 saturated carbocycles. The highest BCUT2D eigenvalue weighted by Crippen LogP contribution is 2.22. The van der Waals surface area contributed by atoms with Crippen molar-refractivity contribution < 1.29 is 24.2 Å². The lowest BCUT2D eigenvalue weighted by Crippen LogP contribution is -2.35. The molecule has 6 nitrogen and oxygen atoms in total. The Hall–Kier alpha value is -3.02. The third-order valence-electron chi connectivity index (χ3n) is 3.74. The quantitative estimate of drug-likeness (QED) is 0.788. The minimum absolute atomic E-state index is 0.0369.